The Hall–Kier alpha value is -0.730. The summed E-state index contributed by atoms with van der Waals surface area (Å²) in [5, 5.41) is 2.93. The second-order valence-corrected chi connectivity index (χ2v) is 7.03. The van der Waals surface area contributed by atoms with Crippen LogP contribution in [-0.2, 0) is 4.74 Å². The molecule has 0 aromatic rings. The minimum atomic E-state index is -0.306. The van der Waals surface area contributed by atoms with Gasteiger partial charge in [0.05, 0.1) is 6.61 Å². The van der Waals surface area contributed by atoms with Crippen LogP contribution in [0.5, 0.6) is 0 Å². The largest absolute Gasteiger partial charge is 0.450 e. The van der Waals surface area contributed by atoms with Gasteiger partial charge in [-0.2, -0.15) is 0 Å². The summed E-state index contributed by atoms with van der Waals surface area (Å²) in [6.45, 7) is 15.3. The zero-order valence-corrected chi connectivity index (χ0v) is 13.2. The molecule has 0 unspecified atom stereocenters. The van der Waals surface area contributed by atoms with Crippen molar-refractivity contribution in [3.63, 3.8) is 0 Å². The Balaban J connectivity index is 3.85. The maximum atomic E-state index is 11.7. The van der Waals surface area contributed by atoms with Gasteiger partial charge in [0.1, 0.15) is 0 Å². The highest BCUT2D eigenvalue weighted by Crippen LogP contribution is 2.29. The van der Waals surface area contributed by atoms with Crippen molar-refractivity contribution in [2.45, 2.75) is 73.3 Å². The molecule has 0 saturated carbocycles. The predicted molar refractivity (Wildman–Crippen MR) is 76.7 cm³/mol. The number of unbranched alkanes of at least 4 members (excludes halogenated alkanes) is 1. The molecular weight excluding hydrogens is 226 g/mol. The summed E-state index contributed by atoms with van der Waals surface area (Å²) in [4.78, 5) is 11.7. The van der Waals surface area contributed by atoms with Gasteiger partial charge in [0.2, 0.25) is 0 Å². The lowest BCUT2D eigenvalue weighted by Gasteiger charge is -2.39. The van der Waals surface area contributed by atoms with Crippen LogP contribution in [-0.4, -0.2) is 18.2 Å². The number of amides is 1. The van der Waals surface area contributed by atoms with E-state index in [-0.39, 0.29) is 17.0 Å². The first kappa shape index (κ1) is 17.3. The van der Waals surface area contributed by atoms with Crippen LogP contribution in [0.1, 0.15) is 67.7 Å². The van der Waals surface area contributed by atoms with E-state index in [2.05, 4.69) is 39.9 Å². The third-order valence-corrected chi connectivity index (χ3v) is 3.70. The molecule has 0 bridgehead atoms. The fourth-order valence-electron chi connectivity index (χ4n) is 1.30. The molecule has 3 heteroatoms. The summed E-state index contributed by atoms with van der Waals surface area (Å²) in [5.74, 6) is 0.721. The average Bonchev–Trinajstić information content (AvgIpc) is 2.13. The number of rotatable bonds is 6. The Morgan fingerprint density at radius 1 is 1.11 bits per heavy atom. The van der Waals surface area contributed by atoms with Gasteiger partial charge in [-0.05, 0) is 38.0 Å². The maximum absolute atomic E-state index is 11.7. The van der Waals surface area contributed by atoms with E-state index in [1.807, 2.05) is 13.8 Å². The Morgan fingerprint density at radius 3 is 2.11 bits per heavy atom. The van der Waals surface area contributed by atoms with Crippen molar-refractivity contribution in [1.29, 1.82) is 0 Å². The molecule has 0 atom stereocenters. The minimum Gasteiger partial charge on any atom is -0.450 e. The Labute approximate surface area is 113 Å². The van der Waals surface area contributed by atoms with E-state index < -0.39 is 0 Å². The van der Waals surface area contributed by atoms with Crippen LogP contribution >= 0.6 is 0 Å². The Kier molecular flexibility index (Phi) is 6.72. The van der Waals surface area contributed by atoms with Crippen LogP contribution in [0.4, 0.5) is 4.79 Å². The van der Waals surface area contributed by atoms with Crippen molar-refractivity contribution in [2.75, 3.05) is 6.61 Å². The third-order valence-electron chi connectivity index (χ3n) is 3.70. The second kappa shape index (κ2) is 7.01. The molecule has 1 amide bonds. The van der Waals surface area contributed by atoms with Gasteiger partial charge in [-0.3, -0.25) is 0 Å². The van der Waals surface area contributed by atoms with Crippen LogP contribution < -0.4 is 5.32 Å². The van der Waals surface area contributed by atoms with Gasteiger partial charge < -0.3 is 10.1 Å². The standard InChI is InChI=1S/C15H31NO2/c1-12(2)10-8-9-11-18-13(17)16-15(6,7)14(3,4)5/h12H,8-11H2,1-7H3,(H,16,17). The van der Waals surface area contributed by atoms with Crippen molar-refractivity contribution < 1.29 is 9.53 Å². The van der Waals surface area contributed by atoms with E-state index in [1.54, 1.807) is 0 Å². The van der Waals surface area contributed by atoms with Gasteiger partial charge in [-0.25, -0.2) is 4.79 Å². The topological polar surface area (TPSA) is 38.3 Å². The van der Waals surface area contributed by atoms with E-state index in [0.717, 1.165) is 18.8 Å². The maximum Gasteiger partial charge on any atom is 0.407 e. The zero-order chi connectivity index (χ0) is 14.4. The molecule has 0 fully saturated rings. The Bertz CT molecular complexity index is 252. The summed E-state index contributed by atoms with van der Waals surface area (Å²) in [5.41, 5.74) is -0.272. The number of nitrogens with one attached hydrogen (secondary N) is 1. The molecule has 3 nitrogen and oxygen atoms in total. The van der Waals surface area contributed by atoms with E-state index >= 15 is 0 Å². The highest BCUT2D eigenvalue weighted by molar-refractivity contribution is 5.68. The van der Waals surface area contributed by atoms with Crippen molar-refractivity contribution in [1.82, 2.24) is 5.32 Å². The molecule has 1 N–H and O–H groups in total. The van der Waals surface area contributed by atoms with Crippen LogP contribution in [0.25, 0.3) is 0 Å². The van der Waals surface area contributed by atoms with E-state index in [4.69, 9.17) is 4.74 Å². The van der Waals surface area contributed by atoms with Crippen LogP contribution in [0.15, 0.2) is 0 Å². The fraction of sp³-hybridized carbons (Fsp3) is 0.933. The van der Waals surface area contributed by atoms with Gasteiger partial charge in [0.25, 0.3) is 0 Å². The molecular formula is C15H31NO2. The number of carbonyl (C=O) groups excluding carboxylic acids is 1. The quantitative estimate of drug-likeness (QED) is 0.718. The highest BCUT2D eigenvalue weighted by Gasteiger charge is 2.34. The van der Waals surface area contributed by atoms with Crippen LogP contribution in [0.2, 0.25) is 0 Å². The zero-order valence-electron chi connectivity index (χ0n) is 13.2. The lowest BCUT2D eigenvalue weighted by Crippen LogP contribution is -2.52. The monoisotopic (exact) mass is 257 g/mol. The molecule has 0 aliphatic heterocycles. The summed E-state index contributed by atoms with van der Waals surface area (Å²) >= 11 is 0. The molecule has 0 heterocycles. The van der Waals surface area contributed by atoms with Gasteiger partial charge >= 0.3 is 6.09 Å². The van der Waals surface area contributed by atoms with E-state index in [9.17, 15) is 4.79 Å². The lowest BCUT2D eigenvalue weighted by molar-refractivity contribution is 0.110. The van der Waals surface area contributed by atoms with E-state index in [1.165, 1.54) is 6.42 Å². The van der Waals surface area contributed by atoms with E-state index in [0.29, 0.717) is 6.61 Å². The first-order valence-corrected chi connectivity index (χ1v) is 7.01. The molecule has 0 aliphatic rings. The average molecular weight is 257 g/mol. The molecule has 18 heavy (non-hydrogen) atoms. The molecule has 0 saturated heterocycles. The highest BCUT2D eigenvalue weighted by atomic mass is 16.5. The molecule has 0 spiro atoms. The number of hydrogen-bond acceptors (Lipinski definition) is 2. The normalized spacial score (nSPS) is 12.7. The first-order chi connectivity index (χ1) is 8.06. The third kappa shape index (κ3) is 6.87. The number of carbonyl (C=O) groups is 1. The van der Waals surface area contributed by atoms with Gasteiger partial charge in [0, 0.05) is 5.54 Å². The first-order valence-electron chi connectivity index (χ1n) is 7.01. The molecule has 0 rings (SSSR count). The minimum absolute atomic E-state index is 0.00363. The molecule has 0 radical (unpaired) electrons. The number of ether oxygens (including phenoxy) is 1. The number of hydrogen-bond donors (Lipinski definition) is 1. The van der Waals surface area contributed by atoms with Gasteiger partial charge in [-0.15, -0.1) is 0 Å². The van der Waals surface area contributed by atoms with Crippen molar-refractivity contribution >= 4 is 6.09 Å². The molecule has 0 aromatic carbocycles. The predicted octanol–water partition coefficient (Wildman–Crippen LogP) is 4.36. The van der Waals surface area contributed by atoms with Crippen LogP contribution in [0, 0.1) is 11.3 Å². The summed E-state index contributed by atoms with van der Waals surface area (Å²) < 4.78 is 5.20. The molecule has 0 aliphatic carbocycles. The number of alkyl carbamates (subject to hydrolysis) is 1. The van der Waals surface area contributed by atoms with Gasteiger partial charge in [0.15, 0.2) is 0 Å². The lowest BCUT2D eigenvalue weighted by atomic mass is 9.76. The smallest absolute Gasteiger partial charge is 0.407 e. The molecule has 0 aromatic heterocycles. The summed E-state index contributed by atoms with van der Waals surface area (Å²) in [6, 6.07) is 0. The van der Waals surface area contributed by atoms with Gasteiger partial charge in [-0.1, -0.05) is 41.0 Å². The summed E-state index contributed by atoms with van der Waals surface area (Å²) in [7, 11) is 0. The summed E-state index contributed by atoms with van der Waals surface area (Å²) in [6.07, 6.45) is 2.95. The SMILES string of the molecule is CC(C)CCCCOC(=O)NC(C)(C)C(C)(C)C. The van der Waals surface area contributed by atoms with Crippen molar-refractivity contribution in [3.05, 3.63) is 0 Å². The van der Waals surface area contributed by atoms with Crippen LogP contribution in [0.3, 0.4) is 0 Å². The van der Waals surface area contributed by atoms with Crippen molar-refractivity contribution in [2.24, 2.45) is 11.3 Å². The fourth-order valence-corrected chi connectivity index (χ4v) is 1.30. The Morgan fingerprint density at radius 2 is 1.67 bits per heavy atom. The second-order valence-electron chi connectivity index (χ2n) is 7.03. The molecule has 108 valence electrons. The van der Waals surface area contributed by atoms with Crippen molar-refractivity contribution in [3.8, 4) is 0 Å².